The topological polar surface area (TPSA) is 366 Å². The molecular weight excluding hydrogens is 1240 g/mol. The van der Waals surface area contributed by atoms with E-state index in [2.05, 4.69) is 26.6 Å². The number of epoxide rings is 1. The minimum Gasteiger partial charge on any atom is -0.495 e. The Labute approximate surface area is 551 Å². The SMILES string of the molecule is COc1cc2cc(c1Cl)N(C)C(=O)C[C@H](OC(=O)[C@H](C)N(C)C(=O)CCN(C)C(=O)OCc1ccc(NC(=O)[C@@H](CCCNC(N)=O)NC(=O)C(NC(=O)CCCCCN3C(=O)C=CC3=O)C(C)C)cc1)[C@]1(C)O[C@H]1[C@H](C)[C@@H]1C[C@](O)(NC(=O)O1)[C@H](OC)/C=C/C=C(\C)C2. The van der Waals surface area contributed by atoms with Crippen LogP contribution in [-0.2, 0) is 75.1 Å². The molecule has 0 radical (unpaired) electrons. The number of imide groups is 1. The number of carbonyl (C=O) groups is 11. The quantitative estimate of drug-likeness (QED) is 0.0221. The van der Waals surface area contributed by atoms with Crippen LogP contribution in [0.4, 0.5) is 25.8 Å². The van der Waals surface area contributed by atoms with Gasteiger partial charge in [-0.1, -0.05) is 74.7 Å². The summed E-state index contributed by atoms with van der Waals surface area (Å²) in [7, 11) is 7.19. The Balaban J connectivity index is 1.03. The highest BCUT2D eigenvalue weighted by Crippen LogP contribution is 2.49. The molecule has 8 N–H and O–H groups in total. The summed E-state index contributed by atoms with van der Waals surface area (Å²) in [6.07, 6.45) is 3.34. The van der Waals surface area contributed by atoms with Crippen LogP contribution < -0.4 is 42.0 Å². The van der Waals surface area contributed by atoms with Crippen molar-refractivity contribution in [2.75, 3.05) is 65.2 Å². The number of primary amides is 1. The van der Waals surface area contributed by atoms with Crippen LogP contribution in [0.25, 0.3) is 0 Å². The number of carbonyl (C=O) groups excluding carboxylic acids is 11. The van der Waals surface area contributed by atoms with Crippen LogP contribution in [0.5, 0.6) is 5.75 Å². The zero-order valence-corrected chi connectivity index (χ0v) is 55.8. The van der Waals surface area contributed by atoms with Crippen LogP contribution in [0, 0.1) is 11.8 Å². The molecule has 4 heterocycles. The molecule has 2 aromatic carbocycles. The second kappa shape index (κ2) is 33.5. The number of nitrogens with zero attached hydrogens (tertiary/aromatic N) is 4. The van der Waals surface area contributed by atoms with Crippen LogP contribution in [0.3, 0.4) is 0 Å². The molecule has 0 spiro atoms. The Morgan fingerprint density at radius 2 is 1.63 bits per heavy atom. The highest BCUT2D eigenvalue weighted by atomic mass is 35.5. The highest BCUT2D eigenvalue weighted by Gasteiger charge is 2.64. The number of halogens is 1. The smallest absolute Gasteiger partial charge is 0.409 e. The third kappa shape index (κ3) is 20.0. The number of amides is 11. The maximum absolute atomic E-state index is 14.5. The summed E-state index contributed by atoms with van der Waals surface area (Å²) in [4.78, 5) is 149. The van der Waals surface area contributed by atoms with E-state index in [9.17, 15) is 57.8 Å². The molecule has 0 aliphatic carbocycles. The number of hydrogen-bond donors (Lipinski definition) is 7. The van der Waals surface area contributed by atoms with Gasteiger partial charge in [0.15, 0.2) is 5.72 Å². The van der Waals surface area contributed by atoms with Crippen LogP contribution in [-0.4, -0.2) is 194 Å². The Morgan fingerprint density at radius 3 is 2.28 bits per heavy atom. The number of hydrogen-bond acceptors (Lipinski definition) is 18. The average molecular weight is 1330 g/mol. The number of nitrogens with one attached hydrogen (secondary N) is 5. The molecule has 4 bridgehead atoms. The van der Waals surface area contributed by atoms with Crippen molar-refractivity contribution in [3.05, 3.63) is 88.5 Å². The summed E-state index contributed by atoms with van der Waals surface area (Å²) >= 11 is 6.84. The van der Waals surface area contributed by atoms with E-state index in [0.717, 1.165) is 20.9 Å². The van der Waals surface area contributed by atoms with Crippen molar-refractivity contribution in [2.45, 2.75) is 166 Å². The lowest BCUT2D eigenvalue weighted by molar-refractivity contribution is -0.162. The van der Waals surface area contributed by atoms with Gasteiger partial charge in [-0.05, 0) is 94.2 Å². The van der Waals surface area contributed by atoms with E-state index >= 15 is 0 Å². The largest absolute Gasteiger partial charge is 0.495 e. The maximum atomic E-state index is 14.5. The molecule has 514 valence electrons. The van der Waals surface area contributed by atoms with Crippen molar-refractivity contribution < 1.29 is 86.3 Å². The molecule has 94 heavy (non-hydrogen) atoms. The number of methoxy groups -OCH3 is 2. The van der Waals surface area contributed by atoms with Gasteiger partial charge in [-0.15, -0.1) is 0 Å². The summed E-state index contributed by atoms with van der Waals surface area (Å²) in [6.45, 7) is 10.2. The van der Waals surface area contributed by atoms with Crippen molar-refractivity contribution >= 4 is 88.5 Å². The zero-order chi connectivity index (χ0) is 69.4. The molecule has 10 atom stereocenters. The van der Waals surface area contributed by atoms with Crippen molar-refractivity contribution in [3.63, 3.8) is 0 Å². The number of fused-ring (bicyclic) bond motifs is 5. The van der Waals surface area contributed by atoms with Gasteiger partial charge in [0.2, 0.25) is 29.5 Å². The number of likely N-dealkylation sites (N-methyl/N-ethyl adjacent to an activating group) is 1. The minimum absolute atomic E-state index is 0.0780. The molecular formula is C65H89ClN10O18. The molecule has 2 aromatic rings. The molecule has 0 aromatic heterocycles. The third-order valence-corrected chi connectivity index (χ3v) is 17.5. The molecule has 11 amide bonds. The van der Waals surface area contributed by atoms with E-state index in [1.165, 1.54) is 64.2 Å². The van der Waals surface area contributed by atoms with Crippen molar-refractivity contribution in [1.29, 1.82) is 0 Å². The number of unbranched alkanes of at least 4 members (excludes halogenated alkanes) is 2. The van der Waals surface area contributed by atoms with E-state index in [0.29, 0.717) is 48.4 Å². The summed E-state index contributed by atoms with van der Waals surface area (Å²) in [6, 6.07) is 5.70. The summed E-state index contributed by atoms with van der Waals surface area (Å²) in [5.74, 6) is -5.03. The first kappa shape index (κ1) is 74.4. The summed E-state index contributed by atoms with van der Waals surface area (Å²) in [5, 5.41) is 25.3. The van der Waals surface area contributed by atoms with Gasteiger partial charge in [0.25, 0.3) is 11.8 Å². The standard InChI is InChI=1S/C65H89ClN10O18/c1-37(2)56(71-50(77)20-13-12-14-29-76-52(79)25-26-53(76)80)59(83)70-44(18-16-28-68-61(67)85)58(82)69-43-23-21-41(22-24-43)36-91-63(87)73(7)30-27-51(78)74(8)40(5)60(84)93-49-34-54(81)75(9)45-32-42(33-46(89-10)55(45)66)31-38(3)17-15-19-48(90-11)65(88)35-47(92-62(86)72-65)39(4)57-64(49,6)94-57/h15,17,19,21-26,32-33,37,39-40,44,47-49,56-57,88H,12-14,16,18,20,27-31,34-36H2,1-11H3,(H,69,82)(H,70,83)(H,71,77)(H,72,86)(H3,67,68,85)/b19-15+,38-17+/t39-,40+,44-,47+,48-,49+,56?,57+,64+,65-/m1/s1. The second-order valence-corrected chi connectivity index (χ2v) is 24.9. The Bertz CT molecular complexity index is 3220. The predicted molar refractivity (Wildman–Crippen MR) is 343 cm³/mol. The number of aliphatic hydroxyl groups is 1. The average Bonchev–Trinajstić information content (AvgIpc) is 1.58. The monoisotopic (exact) mass is 1330 g/mol. The molecule has 28 nitrogen and oxygen atoms in total. The van der Waals surface area contributed by atoms with Gasteiger partial charge in [-0.25, -0.2) is 19.2 Å². The van der Waals surface area contributed by atoms with Gasteiger partial charge in [-0.3, -0.25) is 43.8 Å². The van der Waals surface area contributed by atoms with Crippen LogP contribution in [0.2, 0.25) is 5.02 Å². The fourth-order valence-electron chi connectivity index (χ4n) is 11.1. The fourth-order valence-corrected chi connectivity index (χ4v) is 11.4. The first-order valence-electron chi connectivity index (χ1n) is 31.2. The second-order valence-electron chi connectivity index (χ2n) is 24.6. The molecule has 6 rings (SSSR count). The van der Waals surface area contributed by atoms with E-state index in [1.54, 1.807) is 76.2 Å². The van der Waals surface area contributed by atoms with Gasteiger partial charge < -0.3 is 75.2 Å². The number of anilines is 2. The van der Waals surface area contributed by atoms with E-state index in [1.807, 2.05) is 13.0 Å². The predicted octanol–water partition coefficient (Wildman–Crippen LogP) is 4.67. The van der Waals surface area contributed by atoms with Crippen LogP contribution in [0.15, 0.2) is 72.4 Å². The Kier molecular flexibility index (Phi) is 26.5. The number of rotatable bonds is 26. The van der Waals surface area contributed by atoms with Gasteiger partial charge >= 0.3 is 24.2 Å². The van der Waals surface area contributed by atoms with Crippen LogP contribution >= 0.6 is 11.6 Å². The van der Waals surface area contributed by atoms with Gasteiger partial charge in [0.05, 0.1) is 25.3 Å². The first-order valence-corrected chi connectivity index (χ1v) is 31.6. The number of alkyl carbamates (subject to hydrolysis) is 1. The fraction of sp³-hybridized carbons (Fsp3) is 0.554. The highest BCUT2D eigenvalue weighted by molar-refractivity contribution is 6.35. The molecule has 4 aliphatic rings. The lowest BCUT2D eigenvalue weighted by atomic mass is 9.83. The molecule has 1 unspecified atom stereocenters. The van der Waals surface area contributed by atoms with E-state index in [-0.39, 0.29) is 81.1 Å². The number of nitrogens with two attached hydrogens (primary N) is 1. The third-order valence-electron chi connectivity index (χ3n) is 17.1. The Morgan fingerprint density at radius 1 is 0.936 bits per heavy atom. The minimum atomic E-state index is -1.91. The summed E-state index contributed by atoms with van der Waals surface area (Å²) < 4.78 is 35.0. The normalized spacial score (nSPS) is 23.8. The Hall–Kier alpha value is -8.60. The molecule has 4 aliphatic heterocycles. The lowest BCUT2D eigenvalue weighted by Crippen LogP contribution is -2.63. The zero-order valence-electron chi connectivity index (χ0n) is 55.1. The number of benzene rings is 2. The van der Waals surface area contributed by atoms with Crippen molar-refractivity contribution in [3.8, 4) is 5.75 Å². The maximum Gasteiger partial charge on any atom is 0.409 e. The number of ether oxygens (including phenoxy) is 6. The number of esters is 1. The van der Waals surface area contributed by atoms with Gasteiger partial charge in [0, 0.05) is 90.9 Å². The van der Waals surface area contributed by atoms with Gasteiger partial charge in [-0.2, -0.15) is 0 Å². The molecule has 0 saturated carbocycles. The number of urea groups is 1. The van der Waals surface area contributed by atoms with E-state index in [4.69, 9.17) is 45.8 Å². The molecule has 29 heteroatoms. The van der Waals surface area contributed by atoms with Crippen molar-refractivity contribution in [1.82, 2.24) is 36.0 Å². The molecule has 2 saturated heterocycles. The van der Waals surface area contributed by atoms with Crippen molar-refractivity contribution in [2.24, 2.45) is 17.6 Å². The lowest BCUT2D eigenvalue weighted by Gasteiger charge is -2.42. The number of allylic oxidation sites excluding steroid dienone is 3. The van der Waals surface area contributed by atoms with Crippen LogP contribution in [0.1, 0.15) is 110 Å². The first-order chi connectivity index (χ1) is 44.4. The van der Waals surface area contributed by atoms with Gasteiger partial charge in [0.1, 0.15) is 59.4 Å². The van der Waals surface area contributed by atoms with E-state index < -0.39 is 120 Å². The molecule has 2 fully saturated rings. The summed E-state index contributed by atoms with van der Waals surface area (Å²) in [5.41, 5.74) is 4.74.